The normalized spacial score (nSPS) is 22.6. The van der Waals surface area contributed by atoms with E-state index in [0.717, 1.165) is 44.7 Å². The Bertz CT molecular complexity index is 1790. The predicted molar refractivity (Wildman–Crippen MR) is 193 cm³/mol. The number of allylic oxidation sites excluding steroid dienone is 3. The molecule has 0 aromatic heterocycles. The highest BCUT2D eigenvalue weighted by atomic mass is 19.1. The SMILES string of the molecule is CC1(C)CC(=O)C2=C(C1)NC1=C(O)CCC=C1N(C(=O)CCC(=O)N1CCC(N3CCOCC3)CC1)C2c1ccc(OCc2ccccc2)cc1F. The molecule has 276 valence electrons. The number of halogens is 1. The molecule has 2 amide bonds. The molecule has 11 heteroatoms. The molecule has 3 heterocycles. The van der Waals surface area contributed by atoms with Crippen molar-refractivity contribution in [2.75, 3.05) is 39.4 Å². The van der Waals surface area contributed by atoms with Gasteiger partial charge in [-0.15, -0.1) is 0 Å². The lowest BCUT2D eigenvalue weighted by atomic mass is 9.73. The van der Waals surface area contributed by atoms with Crippen LogP contribution < -0.4 is 10.1 Å². The monoisotopic (exact) mass is 712 g/mol. The third-order valence-electron chi connectivity index (χ3n) is 11.0. The lowest BCUT2D eigenvalue weighted by Crippen LogP contribution is -2.50. The summed E-state index contributed by atoms with van der Waals surface area (Å²) in [5, 5.41) is 14.5. The van der Waals surface area contributed by atoms with Crippen LogP contribution in [0.15, 0.2) is 83.0 Å². The summed E-state index contributed by atoms with van der Waals surface area (Å²) in [5.74, 6) is -0.942. The van der Waals surface area contributed by atoms with Gasteiger partial charge in [-0.05, 0) is 48.8 Å². The molecule has 7 rings (SSSR count). The van der Waals surface area contributed by atoms with Crippen LogP contribution >= 0.6 is 0 Å². The second kappa shape index (κ2) is 15.2. The maximum Gasteiger partial charge on any atom is 0.228 e. The molecule has 1 atom stereocenters. The highest BCUT2D eigenvalue weighted by Gasteiger charge is 2.46. The first-order valence-corrected chi connectivity index (χ1v) is 18.6. The number of carbonyl (C=O) groups excluding carboxylic acids is 3. The summed E-state index contributed by atoms with van der Waals surface area (Å²) in [5.41, 5.74) is 2.29. The Morgan fingerprint density at radius 2 is 1.73 bits per heavy atom. The summed E-state index contributed by atoms with van der Waals surface area (Å²) >= 11 is 0. The van der Waals surface area contributed by atoms with Crippen LogP contribution in [-0.4, -0.2) is 82.8 Å². The minimum Gasteiger partial charge on any atom is -0.510 e. The summed E-state index contributed by atoms with van der Waals surface area (Å²) < 4.78 is 27.9. The zero-order chi connectivity index (χ0) is 36.4. The van der Waals surface area contributed by atoms with Crippen LogP contribution in [0.2, 0.25) is 0 Å². The van der Waals surface area contributed by atoms with Gasteiger partial charge in [-0.2, -0.15) is 0 Å². The molecule has 10 nitrogen and oxygen atoms in total. The molecule has 0 spiro atoms. The first kappa shape index (κ1) is 35.9. The topological polar surface area (TPSA) is 112 Å². The molecule has 52 heavy (non-hydrogen) atoms. The van der Waals surface area contributed by atoms with Crippen molar-refractivity contribution >= 4 is 17.6 Å². The van der Waals surface area contributed by atoms with E-state index in [9.17, 15) is 19.5 Å². The summed E-state index contributed by atoms with van der Waals surface area (Å²) in [6.45, 7) is 8.78. The molecule has 2 N–H and O–H groups in total. The van der Waals surface area contributed by atoms with Crippen LogP contribution in [0.25, 0.3) is 0 Å². The minimum atomic E-state index is -1.12. The fourth-order valence-electron chi connectivity index (χ4n) is 8.31. The summed E-state index contributed by atoms with van der Waals surface area (Å²) in [4.78, 5) is 48.0. The standard InChI is InChI=1S/C41H49FN4O6/c1-41(2)24-32-38(35(48)25-41)40(30-12-11-29(23-31(30)42)52-26-27-7-4-3-5-8-27)46(33-9-6-10-34(47)39(33)43-32)37(50)14-13-36(49)45-17-15-28(16-18-45)44-19-21-51-22-20-44/h3-5,7-9,11-12,23,28,40,43,47H,6,10,13-22,24-26H2,1-2H3. The maximum absolute atomic E-state index is 16.5. The van der Waals surface area contributed by atoms with E-state index in [1.165, 1.54) is 11.0 Å². The number of nitrogens with zero attached hydrogens (tertiary/aromatic N) is 3. The second-order valence-corrected chi connectivity index (χ2v) is 15.3. The summed E-state index contributed by atoms with van der Waals surface area (Å²) in [6, 6.07) is 13.4. The van der Waals surface area contributed by atoms with Gasteiger partial charge in [0.2, 0.25) is 11.8 Å². The lowest BCUT2D eigenvalue weighted by Gasteiger charge is -2.40. The van der Waals surface area contributed by atoms with Gasteiger partial charge in [0.05, 0.1) is 25.0 Å². The van der Waals surface area contributed by atoms with Crippen LogP contribution in [0.5, 0.6) is 5.75 Å². The first-order valence-electron chi connectivity index (χ1n) is 18.6. The Balaban J connectivity index is 1.18. The Kier molecular flexibility index (Phi) is 10.5. The summed E-state index contributed by atoms with van der Waals surface area (Å²) in [7, 11) is 0. The van der Waals surface area contributed by atoms with E-state index >= 15 is 4.39 Å². The number of rotatable bonds is 8. The highest BCUT2D eigenvalue weighted by molar-refractivity contribution is 6.00. The molecule has 2 aromatic carbocycles. The van der Waals surface area contributed by atoms with Crippen LogP contribution in [0, 0.1) is 11.2 Å². The minimum absolute atomic E-state index is 0.0162. The number of carbonyl (C=O) groups is 3. The number of ketones is 1. The molecule has 0 radical (unpaired) electrons. The average molecular weight is 713 g/mol. The van der Waals surface area contributed by atoms with Crippen LogP contribution in [-0.2, 0) is 25.7 Å². The number of Topliss-reactive ketones (excluding diaryl/α,β-unsaturated/α-hetero) is 1. The van der Waals surface area contributed by atoms with E-state index in [4.69, 9.17) is 9.47 Å². The number of fused-ring (bicyclic) bond motifs is 1. The predicted octanol–water partition coefficient (Wildman–Crippen LogP) is 6.07. The van der Waals surface area contributed by atoms with Crippen molar-refractivity contribution in [3.8, 4) is 5.75 Å². The van der Waals surface area contributed by atoms with Crippen molar-refractivity contribution in [2.45, 2.75) is 83.9 Å². The third kappa shape index (κ3) is 7.66. The lowest BCUT2D eigenvalue weighted by molar-refractivity contribution is -0.138. The Hall–Kier alpha value is -4.48. The Morgan fingerprint density at radius 1 is 1.00 bits per heavy atom. The number of aliphatic hydroxyl groups excluding tert-OH is 1. The van der Waals surface area contributed by atoms with Gasteiger partial charge >= 0.3 is 0 Å². The van der Waals surface area contributed by atoms with Gasteiger partial charge < -0.3 is 24.8 Å². The number of hydrogen-bond acceptors (Lipinski definition) is 8. The van der Waals surface area contributed by atoms with E-state index in [0.29, 0.717) is 66.8 Å². The smallest absolute Gasteiger partial charge is 0.228 e. The van der Waals surface area contributed by atoms with Crippen LogP contribution in [0.4, 0.5) is 4.39 Å². The van der Waals surface area contributed by atoms with E-state index in [1.807, 2.05) is 55.2 Å². The zero-order valence-corrected chi connectivity index (χ0v) is 30.2. The van der Waals surface area contributed by atoms with Gasteiger partial charge in [-0.25, -0.2) is 4.39 Å². The number of benzene rings is 2. The summed E-state index contributed by atoms with van der Waals surface area (Å²) in [6.07, 6.45) is 4.96. The van der Waals surface area contributed by atoms with Gasteiger partial charge in [0, 0.05) is 80.8 Å². The van der Waals surface area contributed by atoms with Gasteiger partial charge in [0.25, 0.3) is 0 Å². The number of hydrogen-bond donors (Lipinski definition) is 2. The van der Waals surface area contributed by atoms with Crippen molar-refractivity contribution in [3.63, 3.8) is 0 Å². The van der Waals surface area contributed by atoms with Crippen LogP contribution in [0.1, 0.15) is 82.4 Å². The largest absolute Gasteiger partial charge is 0.510 e. The Morgan fingerprint density at radius 3 is 2.46 bits per heavy atom. The highest BCUT2D eigenvalue weighted by Crippen LogP contribution is 2.48. The molecule has 0 bridgehead atoms. The molecule has 2 saturated heterocycles. The van der Waals surface area contributed by atoms with E-state index in [2.05, 4.69) is 10.2 Å². The number of morpholine rings is 1. The second-order valence-electron chi connectivity index (χ2n) is 15.3. The maximum atomic E-state index is 16.5. The number of piperidine rings is 1. The van der Waals surface area contributed by atoms with Gasteiger partial charge in [0.15, 0.2) is 5.78 Å². The quantitative estimate of drug-likeness (QED) is 0.340. The molecular weight excluding hydrogens is 663 g/mol. The first-order chi connectivity index (χ1) is 25.1. The number of amides is 2. The fourth-order valence-corrected chi connectivity index (χ4v) is 8.31. The number of ether oxygens (including phenoxy) is 2. The average Bonchev–Trinajstić information content (AvgIpc) is 3.28. The van der Waals surface area contributed by atoms with E-state index in [1.54, 1.807) is 12.1 Å². The van der Waals surface area contributed by atoms with Crippen molar-refractivity contribution in [1.82, 2.24) is 20.0 Å². The van der Waals surface area contributed by atoms with Crippen molar-refractivity contribution < 1.29 is 33.4 Å². The van der Waals surface area contributed by atoms with E-state index < -0.39 is 23.2 Å². The number of nitrogens with one attached hydrogen (secondary N) is 1. The fraction of sp³-hybridized carbons (Fsp3) is 0.488. The molecule has 3 aliphatic heterocycles. The Labute approximate surface area is 304 Å². The molecule has 2 fully saturated rings. The van der Waals surface area contributed by atoms with Crippen molar-refractivity contribution in [2.24, 2.45) is 5.41 Å². The van der Waals surface area contributed by atoms with Gasteiger partial charge in [-0.3, -0.25) is 24.2 Å². The van der Waals surface area contributed by atoms with Crippen molar-refractivity contribution in [3.05, 3.63) is 100.0 Å². The molecular formula is C41H49FN4O6. The molecule has 1 unspecified atom stereocenters. The van der Waals surface area contributed by atoms with Gasteiger partial charge in [-0.1, -0.05) is 50.3 Å². The molecule has 5 aliphatic rings. The molecule has 2 aliphatic carbocycles. The van der Waals surface area contributed by atoms with Crippen molar-refractivity contribution in [1.29, 1.82) is 0 Å². The zero-order valence-electron chi connectivity index (χ0n) is 30.2. The molecule has 0 saturated carbocycles. The number of likely N-dealkylation sites (tertiary alicyclic amines) is 1. The van der Waals surface area contributed by atoms with E-state index in [-0.39, 0.29) is 48.9 Å². The van der Waals surface area contributed by atoms with Gasteiger partial charge in [0.1, 0.15) is 29.6 Å². The van der Waals surface area contributed by atoms with Crippen LogP contribution in [0.3, 0.4) is 0 Å². The molecule has 2 aromatic rings. The number of aliphatic hydroxyl groups is 1. The third-order valence-corrected chi connectivity index (χ3v) is 11.0.